The molecule has 0 amide bonds. The first-order valence-electron chi connectivity index (χ1n) is 7.03. The summed E-state index contributed by atoms with van der Waals surface area (Å²) in [5, 5.41) is 3.35. The Kier molecular flexibility index (Phi) is 3.64. The van der Waals surface area contributed by atoms with Crippen molar-refractivity contribution < 1.29 is 0 Å². The molecule has 0 aliphatic heterocycles. The van der Waals surface area contributed by atoms with E-state index >= 15 is 0 Å². The Balaban J connectivity index is 1.61. The summed E-state index contributed by atoms with van der Waals surface area (Å²) < 4.78 is 0. The molecule has 2 aromatic heterocycles. The normalized spacial score (nSPS) is 21.5. The standard InChI is InChI=1S/C14H20N6/c1-9-19-13(10-4-11(15)5-10)6-14(20-9)17-3-2-12-7-16-8-18-12/h6-8,10-11H,2-5,15H2,1H3,(H,16,18)(H,17,19,20). The largest absolute Gasteiger partial charge is 0.370 e. The molecule has 0 atom stereocenters. The van der Waals surface area contributed by atoms with Crippen molar-refractivity contribution in [3.8, 4) is 0 Å². The fraction of sp³-hybridized carbons (Fsp3) is 0.500. The van der Waals surface area contributed by atoms with Gasteiger partial charge in [0, 0.05) is 48.6 Å². The van der Waals surface area contributed by atoms with Gasteiger partial charge < -0.3 is 16.0 Å². The Morgan fingerprint density at radius 3 is 2.95 bits per heavy atom. The second-order valence-electron chi connectivity index (χ2n) is 5.41. The van der Waals surface area contributed by atoms with Crippen molar-refractivity contribution in [2.45, 2.75) is 38.1 Å². The number of imidazole rings is 1. The number of nitrogens with two attached hydrogens (primary N) is 1. The van der Waals surface area contributed by atoms with Gasteiger partial charge in [-0.15, -0.1) is 0 Å². The van der Waals surface area contributed by atoms with E-state index in [1.165, 1.54) is 0 Å². The highest BCUT2D eigenvalue weighted by Gasteiger charge is 2.28. The van der Waals surface area contributed by atoms with Crippen molar-refractivity contribution in [2.75, 3.05) is 11.9 Å². The number of hydrogen-bond acceptors (Lipinski definition) is 5. The minimum absolute atomic E-state index is 0.340. The molecular weight excluding hydrogens is 252 g/mol. The Morgan fingerprint density at radius 1 is 1.40 bits per heavy atom. The number of nitrogens with one attached hydrogen (secondary N) is 2. The number of aryl methyl sites for hydroxylation is 1. The van der Waals surface area contributed by atoms with Gasteiger partial charge in [-0.25, -0.2) is 15.0 Å². The van der Waals surface area contributed by atoms with Gasteiger partial charge in [0.1, 0.15) is 11.6 Å². The lowest BCUT2D eigenvalue weighted by atomic mass is 9.78. The van der Waals surface area contributed by atoms with Gasteiger partial charge in [0.2, 0.25) is 0 Å². The molecular formula is C14H20N6. The van der Waals surface area contributed by atoms with Gasteiger partial charge in [0.05, 0.1) is 6.33 Å². The van der Waals surface area contributed by atoms with Gasteiger partial charge in [-0.2, -0.15) is 0 Å². The third kappa shape index (κ3) is 2.96. The van der Waals surface area contributed by atoms with Crippen LogP contribution in [0.1, 0.15) is 36.0 Å². The van der Waals surface area contributed by atoms with Gasteiger partial charge in [-0.3, -0.25) is 0 Å². The number of H-pyrrole nitrogens is 1. The number of nitrogens with zero attached hydrogens (tertiary/aromatic N) is 3. The molecule has 4 N–H and O–H groups in total. The lowest BCUT2D eigenvalue weighted by Crippen LogP contribution is -2.35. The van der Waals surface area contributed by atoms with Crippen LogP contribution in [0.5, 0.6) is 0 Å². The van der Waals surface area contributed by atoms with Gasteiger partial charge in [0.25, 0.3) is 0 Å². The van der Waals surface area contributed by atoms with E-state index in [9.17, 15) is 0 Å². The maximum atomic E-state index is 5.85. The molecule has 0 unspecified atom stereocenters. The highest BCUT2D eigenvalue weighted by atomic mass is 15.0. The lowest BCUT2D eigenvalue weighted by Gasteiger charge is -2.32. The van der Waals surface area contributed by atoms with E-state index in [4.69, 9.17) is 5.73 Å². The summed E-state index contributed by atoms with van der Waals surface area (Å²) in [7, 11) is 0. The molecule has 1 saturated carbocycles. The van der Waals surface area contributed by atoms with Crippen molar-refractivity contribution >= 4 is 5.82 Å². The highest BCUT2D eigenvalue weighted by molar-refractivity contribution is 5.37. The van der Waals surface area contributed by atoms with E-state index in [0.29, 0.717) is 12.0 Å². The summed E-state index contributed by atoms with van der Waals surface area (Å²) in [6.45, 7) is 2.75. The number of anilines is 1. The van der Waals surface area contributed by atoms with Gasteiger partial charge in [-0.1, -0.05) is 0 Å². The zero-order chi connectivity index (χ0) is 13.9. The summed E-state index contributed by atoms with van der Waals surface area (Å²) >= 11 is 0. The van der Waals surface area contributed by atoms with Gasteiger partial charge >= 0.3 is 0 Å². The summed E-state index contributed by atoms with van der Waals surface area (Å²) in [6.07, 6.45) is 6.50. The molecule has 106 valence electrons. The van der Waals surface area contributed by atoms with E-state index in [1.807, 2.05) is 13.1 Å². The highest BCUT2D eigenvalue weighted by Crippen LogP contribution is 2.35. The number of aromatic nitrogens is 4. The number of hydrogen-bond donors (Lipinski definition) is 3. The molecule has 0 radical (unpaired) electrons. The first-order valence-corrected chi connectivity index (χ1v) is 7.03. The maximum absolute atomic E-state index is 5.85. The van der Waals surface area contributed by atoms with Crippen LogP contribution in [0.2, 0.25) is 0 Å². The summed E-state index contributed by atoms with van der Waals surface area (Å²) in [6, 6.07) is 2.39. The molecule has 0 spiro atoms. The number of rotatable bonds is 5. The zero-order valence-electron chi connectivity index (χ0n) is 11.6. The maximum Gasteiger partial charge on any atom is 0.129 e. The third-order valence-electron chi connectivity index (χ3n) is 3.71. The first kappa shape index (κ1) is 13.1. The predicted octanol–water partition coefficient (Wildman–Crippen LogP) is 1.37. The van der Waals surface area contributed by atoms with Crippen LogP contribution < -0.4 is 11.1 Å². The molecule has 2 aromatic rings. The smallest absolute Gasteiger partial charge is 0.129 e. The minimum Gasteiger partial charge on any atom is -0.370 e. The molecule has 0 aromatic carbocycles. The molecule has 2 heterocycles. The molecule has 20 heavy (non-hydrogen) atoms. The van der Waals surface area contributed by atoms with E-state index in [-0.39, 0.29) is 0 Å². The number of aromatic amines is 1. The fourth-order valence-corrected chi connectivity index (χ4v) is 2.54. The molecule has 6 nitrogen and oxygen atoms in total. The molecule has 1 fully saturated rings. The Labute approximate surface area is 118 Å². The van der Waals surface area contributed by atoms with E-state index in [1.54, 1.807) is 6.33 Å². The van der Waals surface area contributed by atoms with E-state index < -0.39 is 0 Å². The van der Waals surface area contributed by atoms with Gasteiger partial charge in [-0.05, 0) is 19.8 Å². The van der Waals surface area contributed by atoms with Crippen LogP contribution in [0.4, 0.5) is 5.82 Å². The average molecular weight is 272 g/mol. The van der Waals surface area contributed by atoms with Crippen LogP contribution in [0, 0.1) is 6.92 Å². The second-order valence-corrected chi connectivity index (χ2v) is 5.41. The van der Waals surface area contributed by atoms with Crippen LogP contribution in [0.15, 0.2) is 18.6 Å². The van der Waals surface area contributed by atoms with Crippen LogP contribution in [0.3, 0.4) is 0 Å². The van der Waals surface area contributed by atoms with E-state index in [0.717, 1.165) is 48.8 Å². The van der Waals surface area contributed by atoms with Crippen LogP contribution in [0.25, 0.3) is 0 Å². The third-order valence-corrected chi connectivity index (χ3v) is 3.71. The molecule has 3 rings (SSSR count). The SMILES string of the molecule is Cc1nc(NCCc2cnc[nH]2)cc(C2CC(N)C2)n1. The Morgan fingerprint density at radius 2 is 2.25 bits per heavy atom. The van der Waals surface area contributed by atoms with Crippen LogP contribution in [-0.4, -0.2) is 32.5 Å². The first-order chi connectivity index (χ1) is 9.70. The lowest BCUT2D eigenvalue weighted by molar-refractivity contribution is 0.344. The zero-order valence-corrected chi connectivity index (χ0v) is 11.6. The van der Waals surface area contributed by atoms with Gasteiger partial charge in [0.15, 0.2) is 0 Å². The molecule has 0 saturated heterocycles. The topological polar surface area (TPSA) is 92.5 Å². The molecule has 1 aliphatic carbocycles. The van der Waals surface area contributed by atoms with Crippen molar-refractivity contribution in [2.24, 2.45) is 5.73 Å². The van der Waals surface area contributed by atoms with Crippen molar-refractivity contribution in [1.82, 2.24) is 19.9 Å². The van der Waals surface area contributed by atoms with Crippen LogP contribution in [-0.2, 0) is 6.42 Å². The van der Waals surface area contributed by atoms with Crippen molar-refractivity contribution in [1.29, 1.82) is 0 Å². The Hall–Kier alpha value is -1.95. The summed E-state index contributed by atoms with van der Waals surface area (Å²) in [5.41, 5.74) is 8.08. The molecule has 6 heteroatoms. The van der Waals surface area contributed by atoms with Crippen LogP contribution >= 0.6 is 0 Å². The molecule has 0 bridgehead atoms. The van der Waals surface area contributed by atoms with Crippen molar-refractivity contribution in [3.63, 3.8) is 0 Å². The Bertz CT molecular complexity index is 559. The predicted molar refractivity (Wildman–Crippen MR) is 77.5 cm³/mol. The summed E-state index contributed by atoms with van der Waals surface area (Å²) in [5.74, 6) is 2.21. The summed E-state index contributed by atoms with van der Waals surface area (Å²) in [4.78, 5) is 16.1. The fourth-order valence-electron chi connectivity index (χ4n) is 2.54. The quantitative estimate of drug-likeness (QED) is 0.764. The van der Waals surface area contributed by atoms with Crippen molar-refractivity contribution in [3.05, 3.63) is 35.8 Å². The van der Waals surface area contributed by atoms with E-state index in [2.05, 4.69) is 31.3 Å². The second kappa shape index (κ2) is 5.58. The monoisotopic (exact) mass is 272 g/mol. The molecule has 1 aliphatic rings. The average Bonchev–Trinajstić information content (AvgIpc) is 2.87. The minimum atomic E-state index is 0.340.